The summed E-state index contributed by atoms with van der Waals surface area (Å²) in [5.41, 5.74) is -0.226. The molecular weight excluding hydrogens is 272 g/mol. The molecule has 0 bridgehead atoms. The SMILES string of the molecule is COC[C@H]1O[C@@H](n2cc(C)c(=O)[nH]c2=O)C[C@@H]1C(C)(C)C. The van der Waals surface area contributed by atoms with Crippen LogP contribution in [0.5, 0.6) is 0 Å². The Labute approximate surface area is 124 Å². The van der Waals surface area contributed by atoms with Gasteiger partial charge in [-0.15, -0.1) is 0 Å². The van der Waals surface area contributed by atoms with E-state index >= 15 is 0 Å². The standard InChI is InChI=1S/C15H24N2O4/c1-9-7-17(14(19)16-13(9)18)12-6-10(15(2,3)4)11(21-12)8-20-5/h7,10-12H,6,8H2,1-5H3,(H,16,18,19)/t10-,11+,12+/m0/s1. The topological polar surface area (TPSA) is 73.3 Å². The lowest BCUT2D eigenvalue weighted by atomic mass is 9.76. The second-order valence-electron chi connectivity index (χ2n) is 6.77. The molecule has 6 heteroatoms. The third-order valence-electron chi connectivity index (χ3n) is 4.14. The van der Waals surface area contributed by atoms with Crippen molar-refractivity contribution in [1.82, 2.24) is 9.55 Å². The number of hydrogen-bond acceptors (Lipinski definition) is 4. The summed E-state index contributed by atoms with van der Waals surface area (Å²) < 4.78 is 12.7. The van der Waals surface area contributed by atoms with Gasteiger partial charge < -0.3 is 9.47 Å². The Morgan fingerprint density at radius 3 is 2.67 bits per heavy atom. The van der Waals surface area contributed by atoms with Crippen LogP contribution in [0.2, 0.25) is 0 Å². The van der Waals surface area contributed by atoms with Crippen LogP contribution in [0.3, 0.4) is 0 Å². The molecule has 0 aromatic carbocycles. The van der Waals surface area contributed by atoms with Crippen LogP contribution in [0.1, 0.15) is 39.0 Å². The minimum atomic E-state index is -0.429. The Kier molecular flexibility index (Phi) is 4.39. The second kappa shape index (κ2) is 5.77. The molecule has 118 valence electrons. The van der Waals surface area contributed by atoms with Crippen LogP contribution in [0, 0.1) is 18.3 Å². The van der Waals surface area contributed by atoms with Crippen LogP contribution in [0.15, 0.2) is 15.8 Å². The maximum Gasteiger partial charge on any atom is 0.330 e. The lowest BCUT2D eigenvalue weighted by molar-refractivity contribution is -0.0511. The molecule has 6 nitrogen and oxygen atoms in total. The van der Waals surface area contributed by atoms with Gasteiger partial charge in [0.15, 0.2) is 0 Å². The highest BCUT2D eigenvalue weighted by atomic mass is 16.5. The number of aromatic nitrogens is 2. The average Bonchev–Trinajstić information content (AvgIpc) is 2.78. The van der Waals surface area contributed by atoms with E-state index in [1.54, 1.807) is 20.2 Å². The van der Waals surface area contributed by atoms with E-state index in [1.807, 2.05) is 0 Å². The largest absolute Gasteiger partial charge is 0.382 e. The van der Waals surface area contributed by atoms with Crippen molar-refractivity contribution in [3.63, 3.8) is 0 Å². The molecule has 21 heavy (non-hydrogen) atoms. The molecule has 1 fully saturated rings. The van der Waals surface area contributed by atoms with E-state index in [1.165, 1.54) is 4.57 Å². The van der Waals surface area contributed by atoms with Gasteiger partial charge in [-0.25, -0.2) is 4.79 Å². The van der Waals surface area contributed by atoms with Crippen LogP contribution in [-0.4, -0.2) is 29.4 Å². The molecule has 0 unspecified atom stereocenters. The van der Waals surface area contributed by atoms with Crippen LogP contribution >= 0.6 is 0 Å². The highest BCUT2D eigenvalue weighted by molar-refractivity contribution is 5.02. The first kappa shape index (κ1) is 16.0. The maximum absolute atomic E-state index is 12.0. The number of rotatable bonds is 3. The van der Waals surface area contributed by atoms with E-state index in [9.17, 15) is 9.59 Å². The summed E-state index contributed by atoms with van der Waals surface area (Å²) in [6.07, 6.45) is 1.88. The average molecular weight is 296 g/mol. The van der Waals surface area contributed by atoms with E-state index in [2.05, 4.69) is 25.8 Å². The monoisotopic (exact) mass is 296 g/mol. The van der Waals surface area contributed by atoms with Gasteiger partial charge in [-0.2, -0.15) is 0 Å². The summed E-state index contributed by atoms with van der Waals surface area (Å²) in [6, 6.07) is 0. The van der Waals surface area contributed by atoms with Gasteiger partial charge in [0.25, 0.3) is 5.56 Å². The summed E-state index contributed by atoms with van der Waals surface area (Å²) in [4.78, 5) is 25.8. The van der Waals surface area contributed by atoms with Gasteiger partial charge in [0.05, 0.1) is 12.7 Å². The summed E-state index contributed by atoms with van der Waals surface area (Å²) >= 11 is 0. The predicted molar refractivity (Wildman–Crippen MR) is 79.4 cm³/mol. The Balaban J connectivity index is 2.33. The van der Waals surface area contributed by atoms with Crippen molar-refractivity contribution >= 4 is 0 Å². The molecule has 0 saturated carbocycles. The Hall–Kier alpha value is -1.40. The molecule has 1 aromatic heterocycles. The van der Waals surface area contributed by atoms with E-state index in [-0.39, 0.29) is 29.2 Å². The van der Waals surface area contributed by atoms with Crippen molar-refractivity contribution in [1.29, 1.82) is 0 Å². The van der Waals surface area contributed by atoms with Gasteiger partial charge in [-0.1, -0.05) is 20.8 Å². The fraction of sp³-hybridized carbons (Fsp3) is 0.733. The van der Waals surface area contributed by atoms with Crippen LogP contribution in [0.25, 0.3) is 0 Å². The minimum Gasteiger partial charge on any atom is -0.382 e. The maximum atomic E-state index is 12.0. The van der Waals surface area contributed by atoms with Gasteiger partial charge in [0.2, 0.25) is 0 Å². The van der Waals surface area contributed by atoms with Crippen molar-refractivity contribution in [3.8, 4) is 0 Å². The van der Waals surface area contributed by atoms with Crippen molar-refractivity contribution in [2.75, 3.05) is 13.7 Å². The third-order valence-corrected chi connectivity index (χ3v) is 4.14. The molecule has 0 aliphatic carbocycles. The van der Waals surface area contributed by atoms with Crippen molar-refractivity contribution in [2.24, 2.45) is 11.3 Å². The van der Waals surface area contributed by atoms with Gasteiger partial charge >= 0.3 is 5.69 Å². The van der Waals surface area contributed by atoms with Crippen molar-refractivity contribution in [3.05, 3.63) is 32.6 Å². The smallest absolute Gasteiger partial charge is 0.330 e. The molecule has 0 radical (unpaired) electrons. The lowest BCUT2D eigenvalue weighted by Gasteiger charge is -2.30. The molecule has 0 spiro atoms. The molecule has 3 atom stereocenters. The Morgan fingerprint density at radius 2 is 2.10 bits per heavy atom. The minimum absolute atomic E-state index is 0.0544. The molecule has 0 amide bonds. The summed E-state index contributed by atoms with van der Waals surface area (Å²) in [5, 5.41) is 0. The van der Waals surface area contributed by atoms with Crippen LogP contribution < -0.4 is 11.2 Å². The quantitative estimate of drug-likeness (QED) is 0.916. The molecule has 1 aliphatic heterocycles. The van der Waals surface area contributed by atoms with Crippen LogP contribution in [-0.2, 0) is 9.47 Å². The number of nitrogens with zero attached hydrogens (tertiary/aromatic N) is 1. The van der Waals surface area contributed by atoms with Gasteiger partial charge in [-0.3, -0.25) is 14.3 Å². The number of ether oxygens (including phenoxy) is 2. The van der Waals surface area contributed by atoms with Crippen molar-refractivity contribution in [2.45, 2.75) is 46.4 Å². The first-order chi connectivity index (χ1) is 9.74. The fourth-order valence-corrected chi connectivity index (χ4v) is 2.93. The number of H-pyrrole nitrogens is 1. The zero-order valence-electron chi connectivity index (χ0n) is 13.3. The van der Waals surface area contributed by atoms with Gasteiger partial charge in [-0.05, 0) is 24.7 Å². The fourth-order valence-electron chi connectivity index (χ4n) is 2.93. The van der Waals surface area contributed by atoms with E-state index in [0.717, 1.165) is 6.42 Å². The molecule has 2 heterocycles. The lowest BCUT2D eigenvalue weighted by Crippen LogP contribution is -2.33. The highest BCUT2D eigenvalue weighted by Crippen LogP contribution is 2.43. The molecule has 1 saturated heterocycles. The van der Waals surface area contributed by atoms with Gasteiger partial charge in [0, 0.05) is 18.9 Å². The zero-order chi connectivity index (χ0) is 15.8. The number of hydrogen-bond donors (Lipinski definition) is 1. The number of aromatic amines is 1. The van der Waals surface area contributed by atoms with E-state index < -0.39 is 5.69 Å². The third kappa shape index (κ3) is 3.27. The molecule has 1 N–H and O–H groups in total. The Morgan fingerprint density at radius 1 is 1.43 bits per heavy atom. The summed E-state index contributed by atoms with van der Waals surface area (Å²) in [7, 11) is 1.65. The normalized spacial score (nSPS) is 26.2. The number of methoxy groups -OCH3 is 1. The van der Waals surface area contributed by atoms with E-state index in [0.29, 0.717) is 12.2 Å². The van der Waals surface area contributed by atoms with Crippen molar-refractivity contribution < 1.29 is 9.47 Å². The number of aryl methyl sites for hydroxylation is 1. The predicted octanol–water partition coefficient (Wildman–Crippen LogP) is 1.44. The first-order valence-corrected chi connectivity index (χ1v) is 7.20. The molecule has 1 aliphatic rings. The number of nitrogens with one attached hydrogen (secondary N) is 1. The first-order valence-electron chi connectivity index (χ1n) is 7.20. The summed E-state index contributed by atoms with van der Waals surface area (Å²) in [5.74, 6) is 0.279. The van der Waals surface area contributed by atoms with Crippen LogP contribution in [0.4, 0.5) is 0 Å². The van der Waals surface area contributed by atoms with Gasteiger partial charge in [0.1, 0.15) is 6.23 Å². The Bertz CT molecular complexity index is 611. The second-order valence-corrected chi connectivity index (χ2v) is 6.77. The molecule has 2 rings (SSSR count). The highest BCUT2D eigenvalue weighted by Gasteiger charge is 2.42. The molecular formula is C15H24N2O4. The molecule has 1 aromatic rings. The zero-order valence-corrected chi connectivity index (χ0v) is 13.3. The van der Waals surface area contributed by atoms with E-state index in [4.69, 9.17) is 9.47 Å². The summed E-state index contributed by atoms with van der Waals surface area (Å²) in [6.45, 7) is 8.65.